The van der Waals surface area contributed by atoms with E-state index in [0.717, 1.165) is 17.7 Å². The summed E-state index contributed by atoms with van der Waals surface area (Å²) < 4.78 is 10.9. The Morgan fingerprint density at radius 2 is 2.00 bits per heavy atom. The average Bonchev–Trinajstić information content (AvgIpc) is 2.82. The normalized spacial score (nSPS) is 11.0. The number of carbonyl (C=O) groups excluding carboxylic acids is 1. The van der Waals surface area contributed by atoms with Crippen molar-refractivity contribution in [1.29, 1.82) is 0 Å². The third-order valence-electron chi connectivity index (χ3n) is 3.08. The average molecular weight is 322 g/mol. The molecule has 0 amide bonds. The Labute approximate surface area is 135 Å². The fraction of sp³-hybridized carbons (Fsp3) is 0.412. The molecule has 2 rings (SSSR count). The van der Waals surface area contributed by atoms with Gasteiger partial charge in [0.25, 0.3) is 0 Å². The third kappa shape index (κ3) is 4.34. The van der Waals surface area contributed by atoms with E-state index in [1.807, 2.05) is 12.1 Å². The van der Waals surface area contributed by atoms with Gasteiger partial charge in [0.15, 0.2) is 0 Å². The first-order valence-corrected chi connectivity index (χ1v) is 7.77. The van der Waals surface area contributed by atoms with Gasteiger partial charge < -0.3 is 9.15 Å². The highest BCUT2D eigenvalue weighted by molar-refractivity contribution is 6.30. The summed E-state index contributed by atoms with van der Waals surface area (Å²) in [6.07, 6.45) is 0.863. The van der Waals surface area contributed by atoms with Crippen LogP contribution in [-0.2, 0) is 22.4 Å². The van der Waals surface area contributed by atoms with Crippen LogP contribution >= 0.6 is 11.6 Å². The lowest BCUT2D eigenvalue weighted by atomic mass is 10.1. The Balaban J connectivity index is 2.30. The fourth-order valence-corrected chi connectivity index (χ4v) is 2.24. The van der Waals surface area contributed by atoms with Crippen LogP contribution in [0.4, 0.5) is 0 Å². The molecule has 0 saturated carbocycles. The van der Waals surface area contributed by atoms with Gasteiger partial charge in [0, 0.05) is 17.0 Å². The fourth-order valence-electron chi connectivity index (χ4n) is 2.12. The molecule has 0 aliphatic carbocycles. The highest BCUT2D eigenvalue weighted by atomic mass is 35.5. The minimum atomic E-state index is -0.288. The monoisotopic (exact) mass is 321 g/mol. The molecule has 1 aromatic carbocycles. The summed E-state index contributed by atoms with van der Waals surface area (Å²) >= 11 is 5.90. The first-order chi connectivity index (χ1) is 10.5. The molecule has 0 N–H and O–H groups in total. The minimum Gasteiger partial charge on any atom is -0.466 e. The number of hydrogen-bond acceptors (Lipinski definition) is 4. The predicted octanol–water partition coefficient (Wildman–Crippen LogP) is 4.30. The number of hydrogen-bond donors (Lipinski definition) is 0. The Morgan fingerprint density at radius 1 is 1.32 bits per heavy atom. The van der Waals surface area contributed by atoms with Crippen LogP contribution in [0.3, 0.4) is 0 Å². The number of nitrogens with zero attached hydrogens (tertiary/aromatic N) is 1. The van der Waals surface area contributed by atoms with E-state index in [1.54, 1.807) is 19.1 Å². The zero-order valence-electron chi connectivity index (χ0n) is 13.1. The summed E-state index contributed by atoms with van der Waals surface area (Å²) in [4.78, 5) is 16.2. The summed E-state index contributed by atoms with van der Waals surface area (Å²) in [6, 6.07) is 7.27. The van der Waals surface area contributed by atoms with Crippen molar-refractivity contribution in [2.45, 2.75) is 33.6 Å². The molecule has 0 spiro atoms. The van der Waals surface area contributed by atoms with Crippen molar-refractivity contribution in [2.75, 3.05) is 6.61 Å². The lowest BCUT2D eigenvalue weighted by molar-refractivity contribution is -0.142. The summed E-state index contributed by atoms with van der Waals surface area (Å²) in [5.74, 6) is 1.37. The summed E-state index contributed by atoms with van der Waals surface area (Å²) in [5, 5.41) is 0.657. The van der Waals surface area contributed by atoms with Gasteiger partial charge in [0.1, 0.15) is 5.76 Å². The molecule has 0 fully saturated rings. The molecule has 2 aromatic rings. The molecule has 22 heavy (non-hydrogen) atoms. The van der Waals surface area contributed by atoms with Crippen LogP contribution in [-0.4, -0.2) is 17.6 Å². The molecule has 0 radical (unpaired) electrons. The quantitative estimate of drug-likeness (QED) is 0.744. The maximum atomic E-state index is 11.7. The van der Waals surface area contributed by atoms with Crippen LogP contribution in [0.2, 0.25) is 5.02 Å². The van der Waals surface area contributed by atoms with Crippen molar-refractivity contribution in [3.63, 3.8) is 0 Å². The summed E-state index contributed by atoms with van der Waals surface area (Å²) in [7, 11) is 0. The second kappa shape index (κ2) is 7.45. The van der Waals surface area contributed by atoms with E-state index < -0.39 is 0 Å². The van der Waals surface area contributed by atoms with E-state index in [-0.39, 0.29) is 12.4 Å². The van der Waals surface area contributed by atoms with E-state index in [1.165, 1.54) is 0 Å². The molecule has 118 valence electrons. The minimum absolute atomic E-state index is 0.132. The number of oxazole rings is 1. The lowest BCUT2D eigenvalue weighted by Gasteiger charge is -2.03. The van der Waals surface area contributed by atoms with Crippen molar-refractivity contribution in [1.82, 2.24) is 4.98 Å². The first-order valence-electron chi connectivity index (χ1n) is 7.39. The summed E-state index contributed by atoms with van der Waals surface area (Å²) in [5.41, 5.74) is 1.49. The van der Waals surface area contributed by atoms with Crippen molar-refractivity contribution in [3.05, 3.63) is 40.7 Å². The summed E-state index contributed by atoms with van der Waals surface area (Å²) in [6.45, 7) is 6.34. The van der Waals surface area contributed by atoms with Gasteiger partial charge in [-0.15, -0.1) is 0 Å². The van der Waals surface area contributed by atoms with Gasteiger partial charge >= 0.3 is 5.97 Å². The molecule has 0 unspecified atom stereocenters. The topological polar surface area (TPSA) is 52.3 Å². The number of rotatable bonds is 6. The number of aromatic nitrogens is 1. The first kappa shape index (κ1) is 16.6. The zero-order valence-corrected chi connectivity index (χ0v) is 13.8. The number of halogens is 1. The van der Waals surface area contributed by atoms with E-state index in [2.05, 4.69) is 18.8 Å². The van der Waals surface area contributed by atoms with Crippen molar-refractivity contribution < 1.29 is 13.9 Å². The molecule has 1 aromatic heterocycles. The Bertz CT molecular complexity index is 632. The van der Waals surface area contributed by atoms with Crippen molar-refractivity contribution in [2.24, 2.45) is 5.92 Å². The van der Waals surface area contributed by atoms with E-state index in [9.17, 15) is 4.79 Å². The van der Waals surface area contributed by atoms with Crippen LogP contribution in [0.5, 0.6) is 0 Å². The van der Waals surface area contributed by atoms with E-state index >= 15 is 0 Å². The lowest BCUT2D eigenvalue weighted by Crippen LogP contribution is -2.09. The van der Waals surface area contributed by atoms with E-state index in [4.69, 9.17) is 20.8 Å². The van der Waals surface area contributed by atoms with Gasteiger partial charge in [-0.05, 0) is 37.1 Å². The maximum Gasteiger partial charge on any atom is 0.311 e. The van der Waals surface area contributed by atoms with E-state index in [0.29, 0.717) is 29.1 Å². The largest absolute Gasteiger partial charge is 0.466 e. The Hall–Kier alpha value is -1.81. The number of esters is 1. The van der Waals surface area contributed by atoms with Gasteiger partial charge in [-0.25, -0.2) is 4.98 Å². The molecule has 0 aliphatic heterocycles. The predicted molar refractivity (Wildman–Crippen MR) is 85.8 cm³/mol. The molecule has 0 saturated heterocycles. The molecule has 0 aliphatic rings. The molecule has 0 atom stereocenters. The molecule has 1 heterocycles. The van der Waals surface area contributed by atoms with Crippen LogP contribution in [0.15, 0.2) is 28.7 Å². The second-order valence-corrected chi connectivity index (χ2v) is 5.91. The molecule has 5 heteroatoms. The molecule has 4 nitrogen and oxygen atoms in total. The van der Waals surface area contributed by atoms with Gasteiger partial charge in [-0.1, -0.05) is 25.4 Å². The van der Waals surface area contributed by atoms with Crippen LogP contribution in [0.25, 0.3) is 11.5 Å². The van der Waals surface area contributed by atoms with Crippen molar-refractivity contribution in [3.8, 4) is 11.5 Å². The van der Waals surface area contributed by atoms with Gasteiger partial charge in [-0.2, -0.15) is 0 Å². The smallest absolute Gasteiger partial charge is 0.311 e. The van der Waals surface area contributed by atoms with Crippen LogP contribution < -0.4 is 0 Å². The molecular formula is C17H20ClNO3. The highest BCUT2D eigenvalue weighted by Crippen LogP contribution is 2.25. The maximum absolute atomic E-state index is 11.7. The van der Waals surface area contributed by atoms with Gasteiger partial charge in [0.2, 0.25) is 5.89 Å². The number of benzene rings is 1. The van der Waals surface area contributed by atoms with Gasteiger partial charge in [0.05, 0.1) is 18.7 Å². The zero-order chi connectivity index (χ0) is 16.1. The number of ether oxygens (including phenoxy) is 1. The molecular weight excluding hydrogens is 302 g/mol. The highest BCUT2D eigenvalue weighted by Gasteiger charge is 2.18. The number of carbonyl (C=O) groups is 1. The standard InChI is InChI=1S/C17H20ClNO3/c1-4-21-16(20)10-14-15(9-11(2)3)22-17(19-14)12-5-7-13(18)8-6-12/h5-8,11H,4,9-10H2,1-3H3. The molecule has 0 bridgehead atoms. The van der Waals surface area contributed by atoms with Crippen LogP contribution in [0.1, 0.15) is 32.2 Å². The SMILES string of the molecule is CCOC(=O)Cc1nc(-c2ccc(Cl)cc2)oc1CC(C)C. The van der Waals surface area contributed by atoms with Gasteiger partial charge in [-0.3, -0.25) is 4.79 Å². The second-order valence-electron chi connectivity index (χ2n) is 5.48. The van der Waals surface area contributed by atoms with Crippen molar-refractivity contribution >= 4 is 17.6 Å². The van der Waals surface area contributed by atoms with Crippen LogP contribution in [0, 0.1) is 5.92 Å². The third-order valence-corrected chi connectivity index (χ3v) is 3.33. The Kier molecular flexibility index (Phi) is 5.61. The Morgan fingerprint density at radius 3 is 2.59 bits per heavy atom.